The van der Waals surface area contributed by atoms with Crippen molar-refractivity contribution in [1.29, 1.82) is 0 Å². The van der Waals surface area contributed by atoms with Crippen molar-refractivity contribution in [3.63, 3.8) is 0 Å². The average molecular weight is 370 g/mol. The van der Waals surface area contributed by atoms with Gasteiger partial charge in [0.25, 0.3) is 5.91 Å². The molecule has 0 saturated carbocycles. The second-order valence-corrected chi connectivity index (χ2v) is 7.07. The molecule has 1 aliphatic rings. The smallest absolute Gasteiger partial charge is 0.253 e. The molecular formula is C22H27FN2O2. The van der Waals surface area contributed by atoms with E-state index in [1.165, 1.54) is 18.6 Å². The quantitative estimate of drug-likeness (QED) is 0.805. The lowest BCUT2D eigenvalue weighted by Crippen LogP contribution is -2.39. The zero-order chi connectivity index (χ0) is 19.1. The van der Waals surface area contributed by atoms with Gasteiger partial charge >= 0.3 is 0 Å². The van der Waals surface area contributed by atoms with Gasteiger partial charge in [-0.2, -0.15) is 0 Å². The molecule has 1 saturated heterocycles. The van der Waals surface area contributed by atoms with Crippen molar-refractivity contribution in [3.05, 3.63) is 65.5 Å². The molecule has 1 fully saturated rings. The molecule has 144 valence electrons. The van der Waals surface area contributed by atoms with Gasteiger partial charge < -0.3 is 15.0 Å². The topological polar surface area (TPSA) is 41.6 Å². The summed E-state index contributed by atoms with van der Waals surface area (Å²) in [7, 11) is 1.98. The van der Waals surface area contributed by atoms with Crippen LogP contribution in [0, 0.1) is 11.7 Å². The highest BCUT2D eigenvalue weighted by Gasteiger charge is 2.23. The molecule has 0 radical (unpaired) electrons. The van der Waals surface area contributed by atoms with Gasteiger partial charge in [0.05, 0.1) is 0 Å². The first-order chi connectivity index (χ1) is 13.2. The zero-order valence-corrected chi connectivity index (χ0v) is 15.8. The molecule has 0 aliphatic carbocycles. The van der Waals surface area contributed by atoms with E-state index in [0.717, 1.165) is 38.0 Å². The first kappa shape index (κ1) is 19.4. The van der Waals surface area contributed by atoms with Crippen molar-refractivity contribution < 1.29 is 13.9 Å². The van der Waals surface area contributed by atoms with Crippen molar-refractivity contribution in [2.45, 2.75) is 25.9 Å². The number of hydrogen-bond acceptors (Lipinski definition) is 3. The van der Waals surface area contributed by atoms with E-state index < -0.39 is 0 Å². The molecule has 0 aromatic heterocycles. The van der Waals surface area contributed by atoms with Crippen LogP contribution in [-0.4, -0.2) is 37.5 Å². The number of nitrogens with zero attached hydrogens (tertiary/aromatic N) is 1. The maximum Gasteiger partial charge on any atom is 0.253 e. The van der Waals surface area contributed by atoms with Crippen LogP contribution in [0.2, 0.25) is 0 Å². The second-order valence-electron chi connectivity index (χ2n) is 7.07. The van der Waals surface area contributed by atoms with Crippen LogP contribution in [0.3, 0.4) is 0 Å². The lowest BCUT2D eigenvalue weighted by molar-refractivity contribution is 0.0687. The Bertz CT molecular complexity index is 757. The third kappa shape index (κ3) is 5.54. The van der Waals surface area contributed by atoms with Crippen molar-refractivity contribution in [3.8, 4) is 5.75 Å². The van der Waals surface area contributed by atoms with E-state index in [1.54, 1.807) is 12.1 Å². The zero-order valence-electron chi connectivity index (χ0n) is 15.8. The third-order valence-electron chi connectivity index (χ3n) is 5.08. The number of amides is 1. The molecule has 1 amide bonds. The number of halogens is 1. The summed E-state index contributed by atoms with van der Waals surface area (Å²) in [6, 6.07) is 13.6. The number of benzene rings is 2. The predicted molar refractivity (Wildman–Crippen MR) is 104 cm³/mol. The van der Waals surface area contributed by atoms with E-state index in [1.807, 2.05) is 36.2 Å². The number of rotatable bonds is 7. The van der Waals surface area contributed by atoms with E-state index in [9.17, 15) is 9.18 Å². The van der Waals surface area contributed by atoms with Gasteiger partial charge in [-0.1, -0.05) is 18.2 Å². The molecule has 27 heavy (non-hydrogen) atoms. The molecule has 1 N–H and O–H groups in total. The molecule has 0 bridgehead atoms. The van der Waals surface area contributed by atoms with Crippen molar-refractivity contribution >= 4 is 5.91 Å². The largest absolute Gasteiger partial charge is 0.489 e. The van der Waals surface area contributed by atoms with E-state index in [4.69, 9.17) is 4.74 Å². The predicted octanol–water partition coefficient (Wildman–Crippen LogP) is 3.87. The van der Waals surface area contributed by atoms with Crippen LogP contribution in [0.4, 0.5) is 4.39 Å². The number of piperidine rings is 1. The summed E-state index contributed by atoms with van der Waals surface area (Å²) < 4.78 is 18.9. The van der Waals surface area contributed by atoms with Crippen LogP contribution >= 0.6 is 0 Å². The Hall–Kier alpha value is -2.40. The SMILES string of the molecule is CNCCC1CCN(C(=O)c2cccc(COc3cccc(F)c3)c2)CC1. The normalized spacial score (nSPS) is 15.0. The highest BCUT2D eigenvalue weighted by molar-refractivity contribution is 5.94. The Morgan fingerprint density at radius 2 is 1.96 bits per heavy atom. The van der Waals surface area contributed by atoms with Gasteiger partial charge in [0.2, 0.25) is 0 Å². The fourth-order valence-corrected chi connectivity index (χ4v) is 3.47. The summed E-state index contributed by atoms with van der Waals surface area (Å²) in [4.78, 5) is 14.8. The standard InChI is InChI=1S/C22H27FN2O2/c1-24-11-8-17-9-12-25(13-10-17)22(26)19-5-2-4-18(14-19)16-27-21-7-3-6-20(23)15-21/h2-7,14-15,17,24H,8-13,16H2,1H3. The number of likely N-dealkylation sites (tertiary alicyclic amines) is 1. The van der Waals surface area contributed by atoms with Crippen LogP contribution in [0.1, 0.15) is 35.2 Å². The van der Waals surface area contributed by atoms with Gasteiger partial charge in [-0.05, 0) is 68.6 Å². The Labute approximate surface area is 160 Å². The molecule has 0 unspecified atom stereocenters. The van der Waals surface area contributed by atoms with Gasteiger partial charge in [-0.3, -0.25) is 4.79 Å². The van der Waals surface area contributed by atoms with Crippen LogP contribution < -0.4 is 10.1 Å². The molecule has 1 heterocycles. The lowest BCUT2D eigenvalue weighted by atomic mass is 9.93. The minimum atomic E-state index is -0.324. The Morgan fingerprint density at radius 1 is 1.19 bits per heavy atom. The van der Waals surface area contributed by atoms with Crippen LogP contribution in [0.25, 0.3) is 0 Å². The highest BCUT2D eigenvalue weighted by atomic mass is 19.1. The molecule has 2 aromatic carbocycles. The van der Waals surface area contributed by atoms with Gasteiger partial charge in [-0.15, -0.1) is 0 Å². The molecule has 4 nitrogen and oxygen atoms in total. The lowest BCUT2D eigenvalue weighted by Gasteiger charge is -2.32. The molecule has 1 aliphatic heterocycles. The molecule has 5 heteroatoms. The Kier molecular flexibility index (Phi) is 6.82. The van der Waals surface area contributed by atoms with E-state index in [-0.39, 0.29) is 11.7 Å². The van der Waals surface area contributed by atoms with E-state index in [0.29, 0.717) is 23.8 Å². The highest BCUT2D eigenvalue weighted by Crippen LogP contribution is 2.22. The van der Waals surface area contributed by atoms with Gasteiger partial charge in [0.15, 0.2) is 0 Å². The third-order valence-corrected chi connectivity index (χ3v) is 5.08. The maximum atomic E-state index is 13.2. The molecular weight excluding hydrogens is 343 g/mol. The van der Waals surface area contributed by atoms with E-state index >= 15 is 0 Å². The monoisotopic (exact) mass is 370 g/mol. The number of carbonyl (C=O) groups excluding carboxylic acids is 1. The van der Waals surface area contributed by atoms with Crippen molar-refractivity contribution in [2.75, 3.05) is 26.7 Å². The molecule has 0 atom stereocenters. The van der Waals surface area contributed by atoms with Gasteiger partial charge in [0, 0.05) is 24.7 Å². The number of hydrogen-bond donors (Lipinski definition) is 1. The Morgan fingerprint density at radius 3 is 2.70 bits per heavy atom. The summed E-state index contributed by atoms with van der Waals surface area (Å²) in [6.45, 7) is 2.97. The minimum Gasteiger partial charge on any atom is -0.489 e. The Balaban J connectivity index is 1.56. The van der Waals surface area contributed by atoms with Crippen LogP contribution in [0.5, 0.6) is 5.75 Å². The number of nitrogens with one attached hydrogen (secondary N) is 1. The van der Waals surface area contributed by atoms with Crippen LogP contribution in [0.15, 0.2) is 48.5 Å². The average Bonchev–Trinajstić information content (AvgIpc) is 2.71. The summed E-state index contributed by atoms with van der Waals surface area (Å²) >= 11 is 0. The van der Waals surface area contributed by atoms with Crippen molar-refractivity contribution in [2.24, 2.45) is 5.92 Å². The summed E-state index contributed by atoms with van der Waals surface area (Å²) in [5, 5.41) is 3.19. The van der Waals surface area contributed by atoms with Crippen LogP contribution in [-0.2, 0) is 6.61 Å². The summed E-state index contributed by atoms with van der Waals surface area (Å²) in [5.41, 5.74) is 1.58. The van der Waals surface area contributed by atoms with E-state index in [2.05, 4.69) is 5.32 Å². The second kappa shape index (κ2) is 9.51. The van der Waals surface area contributed by atoms with Gasteiger partial charge in [-0.25, -0.2) is 4.39 Å². The first-order valence-corrected chi connectivity index (χ1v) is 9.57. The molecule has 0 spiro atoms. The minimum absolute atomic E-state index is 0.0784. The van der Waals surface area contributed by atoms with Gasteiger partial charge in [0.1, 0.15) is 18.2 Å². The number of carbonyl (C=O) groups is 1. The summed E-state index contributed by atoms with van der Waals surface area (Å²) in [5.74, 6) is 0.937. The molecule has 2 aromatic rings. The fourth-order valence-electron chi connectivity index (χ4n) is 3.47. The fraction of sp³-hybridized carbons (Fsp3) is 0.409. The number of ether oxygens (including phenoxy) is 1. The molecule has 3 rings (SSSR count). The first-order valence-electron chi connectivity index (χ1n) is 9.57. The summed E-state index contributed by atoms with van der Waals surface area (Å²) in [6.07, 6.45) is 3.30. The maximum absolute atomic E-state index is 13.2. The van der Waals surface area contributed by atoms with Crippen molar-refractivity contribution in [1.82, 2.24) is 10.2 Å².